The number of aliphatic carboxylic acids is 1. The number of fused-ring (bicyclic) bond motifs is 7. The fraction of sp³-hybridized carbons (Fsp3) is 0.846. The number of carbonyl (C=O) groups is 4. The van der Waals surface area contributed by atoms with Crippen LogP contribution in [0.3, 0.4) is 0 Å². The molecule has 6 aliphatic carbocycles. The Labute approximate surface area is 282 Å². The molecule has 5 saturated carbocycles. The molecule has 6 aliphatic rings. The first-order chi connectivity index (χ1) is 21.9. The van der Waals surface area contributed by atoms with Crippen molar-refractivity contribution in [1.82, 2.24) is 10.6 Å². The van der Waals surface area contributed by atoms with E-state index in [9.17, 15) is 24.3 Å². The number of Topliss-reactive ketones (excluding diaryl/α,β-unsaturated/α-hetero) is 1. The maximum absolute atomic E-state index is 13.7. The van der Waals surface area contributed by atoms with Crippen molar-refractivity contribution in [2.24, 2.45) is 64.1 Å². The van der Waals surface area contributed by atoms with Gasteiger partial charge in [0.2, 0.25) is 5.91 Å². The molecule has 0 saturated heterocycles. The third-order valence-corrected chi connectivity index (χ3v) is 15.3. The standard InChI is InChI=1S/C39H60N2O6/c1-20(2)31-28(42)19-39(41-35(46)36(5,6)40-9)17-13-27-23(32(31)39)10-11-30-37(7)16-14-29(22(4)26(37)12-15-38(27,30)8)47-34(45)25-18-24(21(25)3)33(43)44/h20-27,29-30,40H,10-19H2,1-9H3,(H,41,46)(H,43,44)/t21-,22-,23+,24-,25+,26?,27?,29+,30?,37+,38+,39-/m1/s1. The molecular weight excluding hydrogens is 592 g/mol. The Morgan fingerprint density at radius 3 is 2.17 bits per heavy atom. The van der Waals surface area contributed by atoms with Crippen LogP contribution >= 0.6 is 0 Å². The van der Waals surface area contributed by atoms with Crippen LogP contribution in [0, 0.1) is 64.1 Å². The molecule has 1 amide bonds. The third-order valence-electron chi connectivity index (χ3n) is 15.3. The maximum atomic E-state index is 13.7. The molecule has 12 atom stereocenters. The second kappa shape index (κ2) is 11.7. The second-order valence-corrected chi connectivity index (χ2v) is 18.1. The fourth-order valence-electron chi connectivity index (χ4n) is 12.3. The zero-order valence-electron chi connectivity index (χ0n) is 30.3. The first-order valence-corrected chi connectivity index (χ1v) is 18.6. The SMILES string of the molecule is CNC(C)(C)C(=O)N[C@@]12CCC3[C@H](CCC4[C@@]3(C)CCC3[C@@H](C)[C@@H](OC(=O)[C@H]5C[C@@H](C(=O)O)[C@H]5C)CC[C@@]34C)C1=C(C(C)C)C(=O)C2. The summed E-state index contributed by atoms with van der Waals surface area (Å²) >= 11 is 0. The minimum absolute atomic E-state index is 0.0402. The summed E-state index contributed by atoms with van der Waals surface area (Å²) in [4.78, 5) is 52.0. The van der Waals surface area contributed by atoms with Crippen LogP contribution in [0.25, 0.3) is 0 Å². The highest BCUT2D eigenvalue weighted by molar-refractivity contribution is 6.02. The van der Waals surface area contributed by atoms with Gasteiger partial charge in [-0.25, -0.2) is 0 Å². The summed E-state index contributed by atoms with van der Waals surface area (Å²) in [6.45, 7) is 17.3. The summed E-state index contributed by atoms with van der Waals surface area (Å²) < 4.78 is 6.20. The van der Waals surface area contributed by atoms with E-state index in [1.807, 2.05) is 27.8 Å². The minimum Gasteiger partial charge on any atom is -0.481 e. The highest BCUT2D eigenvalue weighted by Gasteiger charge is 2.65. The Bertz CT molecular complexity index is 1370. The van der Waals surface area contributed by atoms with E-state index < -0.39 is 23.0 Å². The minimum atomic E-state index is -0.814. The van der Waals surface area contributed by atoms with Crippen LogP contribution in [0.1, 0.15) is 120 Å². The normalized spacial score (nSPS) is 44.5. The number of ether oxygens (including phenoxy) is 1. The molecular formula is C39H60N2O6. The summed E-state index contributed by atoms with van der Waals surface area (Å²) in [5.74, 6) is 0.446. The second-order valence-electron chi connectivity index (χ2n) is 18.1. The molecule has 0 bridgehead atoms. The van der Waals surface area contributed by atoms with Gasteiger partial charge in [-0.15, -0.1) is 0 Å². The van der Waals surface area contributed by atoms with E-state index in [2.05, 4.69) is 45.3 Å². The van der Waals surface area contributed by atoms with Crippen LogP contribution in [0.2, 0.25) is 0 Å². The zero-order valence-corrected chi connectivity index (χ0v) is 30.3. The number of amides is 1. The van der Waals surface area contributed by atoms with Gasteiger partial charge in [0.1, 0.15) is 6.10 Å². The van der Waals surface area contributed by atoms with E-state index in [0.29, 0.717) is 36.5 Å². The highest BCUT2D eigenvalue weighted by Crippen LogP contribution is 2.70. The Hall–Kier alpha value is -2.22. The summed E-state index contributed by atoms with van der Waals surface area (Å²) in [6, 6.07) is 0. The number of likely N-dealkylation sites (N-methyl/N-ethyl adjacent to an activating group) is 1. The number of ketones is 1. The molecule has 6 rings (SSSR count). The van der Waals surface area contributed by atoms with Crippen LogP contribution in [-0.4, -0.2) is 53.0 Å². The average Bonchev–Trinajstić information content (AvgIpc) is 3.29. The van der Waals surface area contributed by atoms with Gasteiger partial charge >= 0.3 is 11.9 Å². The van der Waals surface area contributed by atoms with Gasteiger partial charge in [0, 0.05) is 6.42 Å². The Balaban J connectivity index is 1.23. The number of esters is 1. The van der Waals surface area contributed by atoms with E-state index in [0.717, 1.165) is 56.9 Å². The van der Waals surface area contributed by atoms with E-state index >= 15 is 0 Å². The molecule has 0 aromatic carbocycles. The number of hydrogen-bond donors (Lipinski definition) is 3. The molecule has 0 aromatic rings. The predicted octanol–water partition coefficient (Wildman–Crippen LogP) is 6.32. The van der Waals surface area contributed by atoms with Crippen molar-refractivity contribution in [3.05, 3.63) is 11.1 Å². The van der Waals surface area contributed by atoms with Gasteiger partial charge in [-0.3, -0.25) is 19.2 Å². The van der Waals surface area contributed by atoms with Crippen LogP contribution in [0.5, 0.6) is 0 Å². The molecule has 8 heteroatoms. The number of hydrogen-bond acceptors (Lipinski definition) is 6. The summed E-state index contributed by atoms with van der Waals surface area (Å²) in [5, 5.41) is 16.0. The van der Waals surface area contributed by atoms with E-state index in [1.165, 1.54) is 5.57 Å². The number of nitrogens with one attached hydrogen (secondary N) is 2. The summed E-state index contributed by atoms with van der Waals surface area (Å²) in [7, 11) is 1.81. The first-order valence-electron chi connectivity index (χ1n) is 18.6. The number of carboxylic acids is 1. The number of rotatable bonds is 7. The van der Waals surface area contributed by atoms with Crippen LogP contribution in [-0.2, 0) is 23.9 Å². The van der Waals surface area contributed by atoms with Gasteiger partial charge in [-0.05, 0) is 142 Å². The van der Waals surface area contributed by atoms with Crippen molar-refractivity contribution in [2.45, 2.75) is 137 Å². The van der Waals surface area contributed by atoms with E-state index in [4.69, 9.17) is 4.74 Å². The lowest BCUT2D eigenvalue weighted by Crippen LogP contribution is -2.64. The largest absolute Gasteiger partial charge is 0.481 e. The van der Waals surface area contributed by atoms with Crippen LogP contribution < -0.4 is 10.6 Å². The van der Waals surface area contributed by atoms with Crippen LogP contribution in [0.15, 0.2) is 11.1 Å². The van der Waals surface area contributed by atoms with Crippen molar-refractivity contribution in [2.75, 3.05) is 7.05 Å². The Morgan fingerprint density at radius 2 is 1.55 bits per heavy atom. The van der Waals surface area contributed by atoms with E-state index in [1.54, 1.807) is 0 Å². The fourth-order valence-corrected chi connectivity index (χ4v) is 12.3. The molecule has 0 aliphatic heterocycles. The van der Waals surface area contributed by atoms with Crippen molar-refractivity contribution in [1.29, 1.82) is 0 Å². The van der Waals surface area contributed by atoms with Gasteiger partial charge in [0.25, 0.3) is 0 Å². The molecule has 0 aromatic heterocycles. The Kier molecular flexibility index (Phi) is 8.62. The van der Waals surface area contributed by atoms with Gasteiger partial charge in [-0.2, -0.15) is 0 Å². The number of carbonyl (C=O) groups excluding carboxylic acids is 3. The average molecular weight is 653 g/mol. The number of carboxylic acid groups (broad SMARTS) is 1. The van der Waals surface area contributed by atoms with E-state index in [-0.39, 0.29) is 58.3 Å². The van der Waals surface area contributed by atoms with Crippen molar-refractivity contribution >= 4 is 23.6 Å². The predicted molar refractivity (Wildman–Crippen MR) is 180 cm³/mol. The molecule has 262 valence electrons. The van der Waals surface area contributed by atoms with Crippen molar-refractivity contribution < 1.29 is 29.0 Å². The molecule has 0 radical (unpaired) electrons. The molecule has 3 unspecified atom stereocenters. The monoisotopic (exact) mass is 652 g/mol. The zero-order chi connectivity index (χ0) is 34.4. The third kappa shape index (κ3) is 5.15. The highest BCUT2D eigenvalue weighted by atomic mass is 16.5. The molecule has 0 spiro atoms. The van der Waals surface area contributed by atoms with Crippen LogP contribution in [0.4, 0.5) is 0 Å². The summed E-state index contributed by atoms with van der Waals surface area (Å²) in [6.07, 6.45) is 8.81. The molecule has 0 heterocycles. The number of allylic oxidation sites excluding steroid dienone is 1. The van der Waals surface area contributed by atoms with Gasteiger partial charge in [-0.1, -0.05) is 41.5 Å². The Morgan fingerprint density at radius 1 is 0.915 bits per heavy atom. The molecule has 5 fully saturated rings. The van der Waals surface area contributed by atoms with Gasteiger partial charge in [0.05, 0.1) is 22.9 Å². The quantitative estimate of drug-likeness (QED) is 0.275. The smallest absolute Gasteiger partial charge is 0.309 e. The molecule has 3 N–H and O–H groups in total. The van der Waals surface area contributed by atoms with Crippen molar-refractivity contribution in [3.63, 3.8) is 0 Å². The lowest BCUT2D eigenvalue weighted by molar-refractivity contribution is -0.196. The van der Waals surface area contributed by atoms with Crippen molar-refractivity contribution in [3.8, 4) is 0 Å². The van der Waals surface area contributed by atoms with Gasteiger partial charge < -0.3 is 20.5 Å². The maximum Gasteiger partial charge on any atom is 0.309 e. The lowest BCUT2D eigenvalue weighted by atomic mass is 9.38. The molecule has 8 nitrogen and oxygen atoms in total. The molecule has 47 heavy (non-hydrogen) atoms. The topological polar surface area (TPSA) is 122 Å². The van der Waals surface area contributed by atoms with Gasteiger partial charge in [0.15, 0.2) is 5.78 Å². The first kappa shape index (κ1) is 34.6. The lowest BCUT2D eigenvalue weighted by Gasteiger charge is -2.67. The summed E-state index contributed by atoms with van der Waals surface area (Å²) in [5.41, 5.74) is 1.24.